The number of amides is 1. The number of hydrogen-bond acceptors (Lipinski definition) is 6. The van der Waals surface area contributed by atoms with Crippen molar-refractivity contribution in [3.8, 4) is 10.6 Å². The minimum absolute atomic E-state index is 0.250. The maximum atomic E-state index is 13.6. The van der Waals surface area contributed by atoms with Gasteiger partial charge in [0.05, 0.1) is 34.3 Å². The topological polar surface area (TPSA) is 68.3 Å². The van der Waals surface area contributed by atoms with Gasteiger partial charge in [-0.25, -0.2) is 9.78 Å². The largest absolute Gasteiger partial charge is 0.465 e. The minimum Gasteiger partial charge on any atom is -0.465 e. The molecule has 3 heterocycles. The van der Waals surface area contributed by atoms with E-state index in [1.807, 2.05) is 36.4 Å². The molecule has 0 radical (unpaired) electrons. The maximum Gasteiger partial charge on any atom is 0.341 e. The molecule has 1 amide bonds. The lowest BCUT2D eigenvalue weighted by molar-refractivity contribution is 0.0601. The third kappa shape index (κ3) is 4.07. The van der Waals surface area contributed by atoms with E-state index in [0.29, 0.717) is 22.0 Å². The van der Waals surface area contributed by atoms with Crippen LogP contribution in [-0.2, 0) is 17.6 Å². The first-order chi connectivity index (χ1) is 15.9. The normalized spacial score (nSPS) is 15.3. The fourth-order valence-corrected chi connectivity index (χ4v) is 6.61. The second-order valence-electron chi connectivity index (χ2n) is 8.48. The number of thiophene rings is 2. The minimum atomic E-state index is -0.397. The second-order valence-corrected chi connectivity index (χ2v) is 10.9. The molecule has 0 fully saturated rings. The molecule has 7 heteroatoms. The second kappa shape index (κ2) is 8.72. The first kappa shape index (κ1) is 21.8. The molecule has 5 nitrogen and oxygen atoms in total. The van der Waals surface area contributed by atoms with Gasteiger partial charge in [0.25, 0.3) is 5.91 Å². The van der Waals surface area contributed by atoms with Crippen LogP contribution in [0.4, 0.5) is 5.00 Å². The number of ether oxygens (including phenoxy) is 1. The molecule has 4 aromatic rings. The number of esters is 1. The van der Waals surface area contributed by atoms with Gasteiger partial charge in [0.15, 0.2) is 0 Å². The number of fused-ring (bicyclic) bond motifs is 2. The van der Waals surface area contributed by atoms with Crippen LogP contribution < -0.4 is 5.32 Å². The van der Waals surface area contributed by atoms with Crippen molar-refractivity contribution in [2.75, 3.05) is 12.4 Å². The zero-order chi connectivity index (χ0) is 23.1. The Balaban J connectivity index is 1.58. The average molecular weight is 477 g/mol. The molecular weight excluding hydrogens is 452 g/mol. The van der Waals surface area contributed by atoms with Gasteiger partial charge < -0.3 is 10.1 Å². The molecule has 0 saturated heterocycles. The molecule has 1 atom stereocenters. The van der Waals surface area contributed by atoms with E-state index in [9.17, 15) is 9.59 Å². The van der Waals surface area contributed by atoms with Gasteiger partial charge in [0.2, 0.25) is 0 Å². The summed E-state index contributed by atoms with van der Waals surface area (Å²) in [5.41, 5.74) is 3.60. The highest BCUT2D eigenvalue weighted by atomic mass is 32.1. The first-order valence-corrected chi connectivity index (χ1v) is 12.6. The number of nitrogens with one attached hydrogen (secondary N) is 1. The fourth-order valence-electron chi connectivity index (χ4n) is 4.39. The number of para-hydroxylation sites is 1. The zero-order valence-corrected chi connectivity index (χ0v) is 20.4. The molecule has 3 aromatic heterocycles. The molecule has 1 aliphatic rings. The van der Waals surface area contributed by atoms with Gasteiger partial charge in [-0.2, -0.15) is 0 Å². The highest BCUT2D eigenvalue weighted by molar-refractivity contribution is 7.17. The molecule has 0 unspecified atom stereocenters. The number of hydrogen-bond donors (Lipinski definition) is 1. The molecule has 33 heavy (non-hydrogen) atoms. The Morgan fingerprint density at radius 3 is 2.73 bits per heavy atom. The number of benzene rings is 1. The van der Waals surface area contributed by atoms with Gasteiger partial charge in [0.1, 0.15) is 5.00 Å². The van der Waals surface area contributed by atoms with E-state index in [4.69, 9.17) is 9.72 Å². The van der Waals surface area contributed by atoms with Crippen molar-refractivity contribution in [3.05, 3.63) is 68.9 Å². The maximum absolute atomic E-state index is 13.6. The number of nitrogens with zero attached hydrogens (tertiary/aromatic N) is 1. The van der Waals surface area contributed by atoms with E-state index in [-0.39, 0.29) is 5.91 Å². The van der Waals surface area contributed by atoms with Gasteiger partial charge in [-0.05, 0) is 61.9 Å². The van der Waals surface area contributed by atoms with Gasteiger partial charge >= 0.3 is 5.97 Å². The van der Waals surface area contributed by atoms with Gasteiger partial charge in [-0.3, -0.25) is 4.79 Å². The Hall–Kier alpha value is -3.03. The van der Waals surface area contributed by atoms with Crippen LogP contribution in [0.5, 0.6) is 0 Å². The third-order valence-electron chi connectivity index (χ3n) is 6.08. The van der Waals surface area contributed by atoms with Crippen molar-refractivity contribution in [2.24, 2.45) is 5.92 Å². The molecule has 0 spiro atoms. The van der Waals surface area contributed by atoms with E-state index in [2.05, 4.69) is 25.2 Å². The Morgan fingerprint density at radius 2 is 1.97 bits per heavy atom. The van der Waals surface area contributed by atoms with Crippen LogP contribution in [-0.4, -0.2) is 24.0 Å². The van der Waals surface area contributed by atoms with Crippen molar-refractivity contribution >= 4 is 50.5 Å². The lowest BCUT2D eigenvalue weighted by atomic mass is 9.88. The highest BCUT2D eigenvalue weighted by Crippen LogP contribution is 2.40. The number of rotatable bonds is 4. The standard InChI is InChI=1S/C26H24N2O3S2/c1-14-8-10-17-22(12-14)33-25(23(17)26(30)31-3)28-24(29)18-13-20(21-11-9-15(2)32-21)27-19-7-5-4-6-16(18)19/h4-7,9,11,13-14H,8,10,12H2,1-3H3,(H,28,29)/t14-/m0/s1. The summed E-state index contributed by atoms with van der Waals surface area (Å²) in [6.45, 7) is 4.27. The van der Waals surface area contributed by atoms with Gasteiger partial charge in [-0.1, -0.05) is 25.1 Å². The third-order valence-corrected chi connectivity index (χ3v) is 8.27. The van der Waals surface area contributed by atoms with Crippen LogP contribution in [0.1, 0.15) is 49.4 Å². The lowest BCUT2D eigenvalue weighted by Gasteiger charge is -2.18. The van der Waals surface area contributed by atoms with Crippen LogP contribution >= 0.6 is 22.7 Å². The van der Waals surface area contributed by atoms with E-state index in [1.54, 1.807) is 11.3 Å². The predicted molar refractivity (Wildman–Crippen MR) is 135 cm³/mol. The smallest absolute Gasteiger partial charge is 0.341 e. The molecule has 5 rings (SSSR count). The zero-order valence-electron chi connectivity index (χ0n) is 18.7. The van der Waals surface area contributed by atoms with E-state index in [1.165, 1.54) is 28.2 Å². The molecule has 1 aromatic carbocycles. The Morgan fingerprint density at radius 1 is 1.15 bits per heavy atom. The monoisotopic (exact) mass is 476 g/mol. The molecule has 0 aliphatic heterocycles. The number of anilines is 1. The van der Waals surface area contributed by atoms with E-state index < -0.39 is 5.97 Å². The Labute approximate surface area is 200 Å². The van der Waals surface area contributed by atoms with Crippen LogP contribution in [0.2, 0.25) is 0 Å². The summed E-state index contributed by atoms with van der Waals surface area (Å²) in [6.07, 6.45) is 2.77. The molecule has 0 bridgehead atoms. The van der Waals surface area contributed by atoms with Crippen molar-refractivity contribution in [1.82, 2.24) is 4.98 Å². The van der Waals surface area contributed by atoms with Crippen LogP contribution in [0.25, 0.3) is 21.5 Å². The number of methoxy groups -OCH3 is 1. The molecule has 168 valence electrons. The summed E-state index contributed by atoms with van der Waals surface area (Å²) in [6, 6.07) is 13.6. The number of pyridine rings is 1. The summed E-state index contributed by atoms with van der Waals surface area (Å²) in [5, 5.41) is 4.39. The van der Waals surface area contributed by atoms with Gasteiger partial charge in [-0.15, -0.1) is 22.7 Å². The van der Waals surface area contributed by atoms with Crippen molar-refractivity contribution < 1.29 is 14.3 Å². The molecular formula is C26H24N2O3S2. The fraction of sp³-hybridized carbons (Fsp3) is 0.269. The molecule has 1 N–H and O–H groups in total. The Kier molecular flexibility index (Phi) is 5.76. The van der Waals surface area contributed by atoms with Crippen LogP contribution in [0, 0.1) is 12.8 Å². The van der Waals surface area contributed by atoms with Crippen LogP contribution in [0.15, 0.2) is 42.5 Å². The molecule has 1 aliphatic carbocycles. The Bertz CT molecular complexity index is 1390. The number of carbonyl (C=O) groups is 2. The first-order valence-electron chi connectivity index (χ1n) is 11.0. The number of carbonyl (C=O) groups excluding carboxylic acids is 2. The van der Waals surface area contributed by atoms with Crippen molar-refractivity contribution in [2.45, 2.75) is 33.1 Å². The summed E-state index contributed by atoms with van der Waals surface area (Å²) in [5.74, 6) is -0.0854. The van der Waals surface area contributed by atoms with E-state index in [0.717, 1.165) is 46.3 Å². The van der Waals surface area contributed by atoms with Crippen molar-refractivity contribution in [3.63, 3.8) is 0 Å². The van der Waals surface area contributed by atoms with Gasteiger partial charge in [0, 0.05) is 15.1 Å². The number of aromatic nitrogens is 1. The quantitative estimate of drug-likeness (QED) is 0.342. The van der Waals surface area contributed by atoms with E-state index >= 15 is 0 Å². The SMILES string of the molecule is COC(=O)c1c(NC(=O)c2cc(-c3ccc(C)s3)nc3ccccc23)sc2c1CC[C@H](C)C2. The predicted octanol–water partition coefficient (Wildman–Crippen LogP) is 6.50. The summed E-state index contributed by atoms with van der Waals surface area (Å²) in [4.78, 5) is 34.4. The van der Waals surface area contributed by atoms with Crippen molar-refractivity contribution in [1.29, 1.82) is 0 Å². The summed E-state index contributed by atoms with van der Waals surface area (Å²) in [7, 11) is 1.38. The lowest BCUT2D eigenvalue weighted by Crippen LogP contribution is -2.16. The summed E-state index contributed by atoms with van der Waals surface area (Å²) < 4.78 is 5.07. The molecule has 0 saturated carbocycles. The number of aryl methyl sites for hydroxylation is 1. The summed E-state index contributed by atoms with van der Waals surface area (Å²) >= 11 is 3.14. The van der Waals surface area contributed by atoms with Crippen LogP contribution in [0.3, 0.4) is 0 Å². The average Bonchev–Trinajstić information content (AvgIpc) is 3.40. The highest BCUT2D eigenvalue weighted by Gasteiger charge is 2.29.